The second-order valence-electron chi connectivity index (χ2n) is 10.9. The van der Waals surface area contributed by atoms with Gasteiger partial charge in [0, 0.05) is 0 Å². The van der Waals surface area contributed by atoms with Crippen molar-refractivity contribution in [1.82, 2.24) is 21.3 Å². The summed E-state index contributed by atoms with van der Waals surface area (Å²) >= 11 is 0. The molecule has 1 aromatic rings. The number of carbonyl (C=O) groups is 5. The molecular formula is C29H47N5O8. The number of carboxylic acid groups (broad SMARTS) is 1. The Balaban J connectivity index is 3.19. The summed E-state index contributed by atoms with van der Waals surface area (Å²) in [6.45, 7) is 9.29. The highest BCUT2D eigenvalue weighted by molar-refractivity contribution is 6.00. The second kappa shape index (κ2) is 17.8. The first-order chi connectivity index (χ1) is 19.7. The number of aliphatic carboxylic acids is 1. The normalized spacial score (nSPS) is 14.6. The quantitative estimate of drug-likeness (QED) is 0.0908. The van der Waals surface area contributed by atoms with Gasteiger partial charge in [-0.05, 0) is 68.7 Å². The number of amides is 4. The van der Waals surface area contributed by atoms with Crippen molar-refractivity contribution < 1.29 is 39.3 Å². The predicted octanol–water partition coefficient (Wildman–Crippen LogP) is 1.37. The SMILES string of the molecule is CC[C@H](NC(=O)[C@@H](CC(C)C)NC(=O)[C@@H](NC(=O)[C@H](CCCCN)NC(=O)c1cc(O)ccc1O)[C@@H](C)CC)C(=O)O. The summed E-state index contributed by atoms with van der Waals surface area (Å²) in [6, 6.07) is -0.886. The van der Waals surface area contributed by atoms with Gasteiger partial charge in [-0.2, -0.15) is 0 Å². The highest BCUT2D eigenvalue weighted by atomic mass is 16.4. The molecule has 0 aliphatic rings. The van der Waals surface area contributed by atoms with E-state index in [2.05, 4.69) is 21.3 Å². The molecule has 0 aliphatic heterocycles. The van der Waals surface area contributed by atoms with Crippen LogP contribution in [0.1, 0.15) is 83.5 Å². The number of hydrogen-bond donors (Lipinski definition) is 8. The fourth-order valence-electron chi connectivity index (χ4n) is 4.23. The van der Waals surface area contributed by atoms with Gasteiger partial charge >= 0.3 is 5.97 Å². The van der Waals surface area contributed by atoms with Gasteiger partial charge in [0.2, 0.25) is 17.7 Å². The van der Waals surface area contributed by atoms with E-state index in [0.29, 0.717) is 25.8 Å². The van der Waals surface area contributed by atoms with E-state index < -0.39 is 53.8 Å². The number of unbranched alkanes of at least 4 members (excludes halogenated alkanes) is 1. The van der Waals surface area contributed by atoms with E-state index in [4.69, 9.17) is 5.73 Å². The molecule has 5 atom stereocenters. The topological polar surface area (TPSA) is 220 Å². The zero-order valence-electron chi connectivity index (χ0n) is 25.1. The number of nitrogens with one attached hydrogen (secondary N) is 4. The van der Waals surface area contributed by atoms with Crippen LogP contribution in [0.3, 0.4) is 0 Å². The predicted molar refractivity (Wildman–Crippen MR) is 157 cm³/mol. The molecule has 13 heteroatoms. The lowest BCUT2D eigenvalue weighted by Gasteiger charge is -2.29. The Morgan fingerprint density at radius 2 is 1.43 bits per heavy atom. The van der Waals surface area contributed by atoms with Crippen LogP contribution in [0.5, 0.6) is 11.5 Å². The largest absolute Gasteiger partial charge is 0.508 e. The molecule has 0 bridgehead atoms. The van der Waals surface area contributed by atoms with Crippen LogP contribution >= 0.6 is 0 Å². The van der Waals surface area contributed by atoms with Crippen LogP contribution in [-0.2, 0) is 19.2 Å². The Labute approximate surface area is 247 Å². The van der Waals surface area contributed by atoms with E-state index in [1.54, 1.807) is 13.8 Å². The summed E-state index contributed by atoms with van der Waals surface area (Å²) in [6.07, 6.45) is 2.15. The van der Waals surface area contributed by atoms with Gasteiger partial charge in [0.25, 0.3) is 5.91 Å². The van der Waals surface area contributed by atoms with Crippen LogP contribution in [0.25, 0.3) is 0 Å². The molecule has 9 N–H and O–H groups in total. The maximum atomic E-state index is 13.5. The fraction of sp³-hybridized carbons (Fsp3) is 0.621. The first-order valence-corrected chi connectivity index (χ1v) is 14.4. The van der Waals surface area contributed by atoms with Gasteiger partial charge in [0.05, 0.1) is 5.56 Å². The van der Waals surface area contributed by atoms with E-state index >= 15 is 0 Å². The second-order valence-corrected chi connectivity index (χ2v) is 10.9. The summed E-state index contributed by atoms with van der Waals surface area (Å²) in [4.78, 5) is 64.2. The van der Waals surface area contributed by atoms with Gasteiger partial charge in [-0.15, -0.1) is 0 Å². The Morgan fingerprint density at radius 1 is 0.810 bits per heavy atom. The third-order valence-electron chi connectivity index (χ3n) is 6.95. The molecule has 13 nitrogen and oxygen atoms in total. The van der Waals surface area contributed by atoms with Gasteiger partial charge in [-0.1, -0.05) is 41.0 Å². The van der Waals surface area contributed by atoms with Gasteiger partial charge in [0.1, 0.15) is 35.7 Å². The third kappa shape index (κ3) is 11.6. The molecule has 236 valence electrons. The number of phenolic OH excluding ortho intramolecular Hbond substituents is 2. The van der Waals surface area contributed by atoms with Crippen molar-refractivity contribution in [3.63, 3.8) is 0 Å². The highest BCUT2D eigenvalue weighted by Crippen LogP contribution is 2.22. The summed E-state index contributed by atoms with van der Waals surface area (Å²) < 4.78 is 0. The highest BCUT2D eigenvalue weighted by Gasteiger charge is 2.33. The van der Waals surface area contributed by atoms with Crippen molar-refractivity contribution in [3.05, 3.63) is 23.8 Å². The molecule has 42 heavy (non-hydrogen) atoms. The lowest BCUT2D eigenvalue weighted by atomic mass is 9.96. The molecule has 0 spiro atoms. The van der Waals surface area contributed by atoms with Crippen molar-refractivity contribution in [2.45, 2.75) is 97.3 Å². The lowest BCUT2D eigenvalue weighted by Crippen LogP contribution is -2.59. The van der Waals surface area contributed by atoms with E-state index in [0.717, 1.165) is 12.1 Å². The summed E-state index contributed by atoms with van der Waals surface area (Å²) in [5, 5.41) is 39.6. The van der Waals surface area contributed by atoms with Crippen LogP contribution < -0.4 is 27.0 Å². The molecule has 0 fully saturated rings. The van der Waals surface area contributed by atoms with Crippen molar-refractivity contribution in [1.29, 1.82) is 0 Å². The minimum atomic E-state index is -1.19. The van der Waals surface area contributed by atoms with Crippen LogP contribution in [0.2, 0.25) is 0 Å². The molecule has 0 saturated carbocycles. The van der Waals surface area contributed by atoms with Gasteiger partial charge < -0.3 is 42.3 Å². The standard InChI is InChI=1S/C29H47N5O8/c1-6-17(5)24(28(40)33-22(14-16(3)4)27(39)31-20(7-2)29(41)42)34-26(38)21(10-8-9-13-30)32-25(37)19-15-18(35)11-12-23(19)36/h11-12,15-17,20-22,24,35-36H,6-10,13-14,30H2,1-5H3,(H,31,39)(H,32,37)(H,33,40)(H,34,38)(H,41,42)/t17-,20-,21-,22+,24-/m0/s1. The Morgan fingerprint density at radius 3 is 1.98 bits per heavy atom. The average Bonchev–Trinajstić information content (AvgIpc) is 2.93. The van der Waals surface area contributed by atoms with Crippen molar-refractivity contribution in [2.75, 3.05) is 6.54 Å². The molecule has 0 saturated heterocycles. The summed E-state index contributed by atoms with van der Waals surface area (Å²) in [7, 11) is 0. The number of hydrogen-bond acceptors (Lipinski definition) is 8. The van der Waals surface area contributed by atoms with Crippen LogP contribution in [0.4, 0.5) is 0 Å². The minimum absolute atomic E-state index is 0.0152. The molecule has 0 heterocycles. The molecule has 1 rings (SSSR count). The number of aromatic hydroxyl groups is 2. The van der Waals surface area contributed by atoms with Gasteiger partial charge in [-0.25, -0.2) is 4.79 Å². The maximum Gasteiger partial charge on any atom is 0.326 e. The molecule has 0 unspecified atom stereocenters. The average molecular weight is 594 g/mol. The van der Waals surface area contributed by atoms with Crippen LogP contribution in [-0.4, -0.2) is 75.6 Å². The van der Waals surface area contributed by atoms with E-state index in [9.17, 15) is 39.3 Å². The van der Waals surface area contributed by atoms with Crippen LogP contribution in [0.15, 0.2) is 18.2 Å². The monoisotopic (exact) mass is 593 g/mol. The minimum Gasteiger partial charge on any atom is -0.508 e. The number of carbonyl (C=O) groups excluding carboxylic acids is 4. The first-order valence-electron chi connectivity index (χ1n) is 14.4. The number of nitrogens with two attached hydrogens (primary N) is 1. The van der Waals surface area contributed by atoms with Crippen LogP contribution in [0, 0.1) is 11.8 Å². The zero-order valence-corrected chi connectivity index (χ0v) is 25.1. The molecular weight excluding hydrogens is 546 g/mol. The fourth-order valence-corrected chi connectivity index (χ4v) is 4.23. The smallest absolute Gasteiger partial charge is 0.326 e. The molecule has 1 aromatic carbocycles. The number of carboxylic acids is 1. The first kappa shape index (κ1) is 36.2. The summed E-state index contributed by atoms with van der Waals surface area (Å²) in [5.74, 6) is -4.91. The Hall–Kier alpha value is -3.87. The van der Waals surface area contributed by atoms with E-state index in [1.165, 1.54) is 6.07 Å². The van der Waals surface area contributed by atoms with E-state index in [1.807, 2.05) is 20.8 Å². The lowest BCUT2D eigenvalue weighted by molar-refractivity contribution is -0.142. The molecule has 0 aromatic heterocycles. The van der Waals surface area contributed by atoms with Crippen molar-refractivity contribution >= 4 is 29.6 Å². The van der Waals surface area contributed by atoms with E-state index in [-0.39, 0.29) is 48.2 Å². The molecule has 0 aliphatic carbocycles. The third-order valence-corrected chi connectivity index (χ3v) is 6.95. The Bertz CT molecular complexity index is 1080. The Kier molecular flexibility index (Phi) is 15.4. The number of rotatable bonds is 18. The zero-order chi connectivity index (χ0) is 32.0. The van der Waals surface area contributed by atoms with Gasteiger partial charge in [-0.3, -0.25) is 19.2 Å². The number of benzene rings is 1. The van der Waals surface area contributed by atoms with Gasteiger partial charge in [0.15, 0.2) is 0 Å². The molecule has 0 radical (unpaired) electrons. The molecule has 4 amide bonds. The van der Waals surface area contributed by atoms with Crippen molar-refractivity contribution in [2.24, 2.45) is 17.6 Å². The maximum absolute atomic E-state index is 13.5. The summed E-state index contributed by atoms with van der Waals surface area (Å²) in [5.41, 5.74) is 5.37. The number of phenols is 2. The van der Waals surface area contributed by atoms with Crippen molar-refractivity contribution in [3.8, 4) is 11.5 Å².